The zero-order valence-electron chi connectivity index (χ0n) is 16.9. The molecule has 1 atom stereocenters. The van der Waals surface area contributed by atoms with Crippen LogP contribution in [0.15, 0.2) is 60.5 Å². The van der Waals surface area contributed by atoms with E-state index in [1.807, 2.05) is 6.08 Å². The van der Waals surface area contributed by atoms with E-state index < -0.39 is 13.4 Å². The van der Waals surface area contributed by atoms with Crippen LogP contribution in [0.1, 0.15) is 31.1 Å². The highest BCUT2D eigenvalue weighted by molar-refractivity contribution is 7.79. The molecule has 0 amide bonds. The Morgan fingerprint density at radius 2 is 1.97 bits per heavy atom. The Morgan fingerprint density at radius 3 is 2.45 bits per heavy atom. The van der Waals surface area contributed by atoms with E-state index in [1.54, 1.807) is 36.6 Å². The van der Waals surface area contributed by atoms with Gasteiger partial charge in [-0.2, -0.15) is 12.6 Å². The fourth-order valence-electron chi connectivity index (χ4n) is 2.26. The van der Waals surface area contributed by atoms with Gasteiger partial charge in [-0.05, 0) is 35.9 Å². The van der Waals surface area contributed by atoms with Gasteiger partial charge in [0.05, 0.1) is 5.70 Å². The molecule has 29 heavy (non-hydrogen) atoms. The molecule has 0 aliphatic rings. The Kier molecular flexibility index (Phi) is 14.2. The number of rotatable bonds is 12. The Hall–Kier alpha value is -1.74. The highest BCUT2D eigenvalue weighted by atomic mass is 32.1. The molecule has 1 rings (SSSR count). The van der Waals surface area contributed by atoms with Crippen LogP contribution < -0.4 is 27.1 Å². The van der Waals surface area contributed by atoms with Gasteiger partial charge >= 0.3 is 7.60 Å². The molecule has 1 aromatic rings. The van der Waals surface area contributed by atoms with Crippen LogP contribution in [0, 0.1) is 0 Å². The maximum absolute atomic E-state index is 11.9. The SMILES string of the molecule is C=C/C(=C\CCC)CNC(c1ccc(OC/C(N)=C/NN)cc1)P(=O)(O)O.CS. The van der Waals surface area contributed by atoms with Gasteiger partial charge < -0.3 is 25.7 Å². The molecule has 1 unspecified atom stereocenters. The summed E-state index contributed by atoms with van der Waals surface area (Å²) in [7, 11) is -4.41. The summed E-state index contributed by atoms with van der Waals surface area (Å²) in [5, 5.41) is 2.93. The van der Waals surface area contributed by atoms with E-state index >= 15 is 0 Å². The summed E-state index contributed by atoms with van der Waals surface area (Å²) in [5.41, 5.74) is 9.73. The number of benzene rings is 1. The quantitative estimate of drug-likeness (QED) is 0.0857. The number of nitrogens with two attached hydrogens (primary N) is 2. The maximum Gasteiger partial charge on any atom is 0.346 e. The summed E-state index contributed by atoms with van der Waals surface area (Å²) in [6, 6.07) is 6.47. The van der Waals surface area contributed by atoms with Crippen LogP contribution in [0.25, 0.3) is 0 Å². The molecule has 0 heterocycles. The second kappa shape index (κ2) is 15.1. The van der Waals surface area contributed by atoms with Crippen molar-refractivity contribution in [1.82, 2.24) is 10.7 Å². The minimum atomic E-state index is -4.41. The van der Waals surface area contributed by atoms with E-state index in [0.29, 0.717) is 23.6 Å². The highest BCUT2D eigenvalue weighted by Gasteiger charge is 2.30. The Labute approximate surface area is 178 Å². The maximum atomic E-state index is 11.9. The Bertz CT molecular complexity index is 705. The molecule has 0 bridgehead atoms. The van der Waals surface area contributed by atoms with Crippen molar-refractivity contribution in [2.24, 2.45) is 11.6 Å². The van der Waals surface area contributed by atoms with Crippen LogP contribution >= 0.6 is 20.2 Å². The first-order valence-corrected chi connectivity index (χ1v) is 11.6. The number of unbranched alkanes of at least 4 members (excludes halogenated alkanes) is 1. The van der Waals surface area contributed by atoms with E-state index in [-0.39, 0.29) is 6.61 Å². The van der Waals surface area contributed by atoms with E-state index in [4.69, 9.17) is 16.3 Å². The van der Waals surface area contributed by atoms with Crippen LogP contribution in [0.4, 0.5) is 0 Å². The minimum absolute atomic E-state index is 0.134. The lowest BCUT2D eigenvalue weighted by atomic mass is 10.1. The van der Waals surface area contributed by atoms with Crippen LogP contribution in [-0.4, -0.2) is 29.2 Å². The summed E-state index contributed by atoms with van der Waals surface area (Å²) < 4.78 is 17.4. The monoisotopic (exact) mass is 444 g/mol. The van der Waals surface area contributed by atoms with Gasteiger partial charge in [-0.15, -0.1) is 0 Å². The minimum Gasteiger partial charge on any atom is -0.487 e. The van der Waals surface area contributed by atoms with Gasteiger partial charge in [0.2, 0.25) is 0 Å². The first-order valence-electron chi connectivity index (χ1n) is 9.00. The van der Waals surface area contributed by atoms with Gasteiger partial charge in [0.15, 0.2) is 0 Å². The number of hydrazine groups is 1. The lowest BCUT2D eigenvalue weighted by Crippen LogP contribution is -2.23. The van der Waals surface area contributed by atoms with Gasteiger partial charge in [-0.25, -0.2) is 0 Å². The van der Waals surface area contributed by atoms with Gasteiger partial charge in [-0.3, -0.25) is 15.7 Å². The second-order valence-corrected chi connectivity index (χ2v) is 7.58. The zero-order chi connectivity index (χ0) is 22.3. The Balaban J connectivity index is 0.00000379. The van der Waals surface area contributed by atoms with E-state index in [2.05, 4.69) is 36.9 Å². The molecule has 8 N–H and O–H groups in total. The largest absolute Gasteiger partial charge is 0.487 e. The smallest absolute Gasteiger partial charge is 0.346 e. The molecular formula is C19H33N4O4PS. The highest BCUT2D eigenvalue weighted by Crippen LogP contribution is 2.50. The predicted molar refractivity (Wildman–Crippen MR) is 122 cm³/mol. The molecule has 0 spiro atoms. The summed E-state index contributed by atoms with van der Waals surface area (Å²) in [6.45, 7) is 6.24. The van der Waals surface area contributed by atoms with Gasteiger partial charge in [0, 0.05) is 12.7 Å². The number of hydrogen-bond donors (Lipinski definition) is 7. The van der Waals surface area contributed by atoms with Crippen LogP contribution in [0.2, 0.25) is 0 Å². The van der Waals surface area contributed by atoms with Crippen molar-refractivity contribution in [3.63, 3.8) is 0 Å². The average Bonchev–Trinajstić information content (AvgIpc) is 2.70. The number of allylic oxidation sites excluding steroid dienone is 1. The van der Waals surface area contributed by atoms with Crippen molar-refractivity contribution in [2.45, 2.75) is 25.5 Å². The lowest BCUT2D eigenvalue weighted by Gasteiger charge is -2.21. The van der Waals surface area contributed by atoms with Crippen LogP contribution in [0.5, 0.6) is 5.75 Å². The fourth-order valence-corrected chi connectivity index (χ4v) is 3.15. The second-order valence-electron chi connectivity index (χ2n) is 5.89. The molecule has 8 nitrogen and oxygen atoms in total. The summed E-state index contributed by atoms with van der Waals surface area (Å²) >= 11 is 3.53. The standard InChI is InChI=1S/C18H29N4O4P.CH4S/c1-3-5-6-14(4-2)11-21-18(27(23,24)25)15-7-9-17(10-8-15)26-13-16(19)12-22-20;1-2/h4,6-10,12,18,21-22H,2-3,5,11,13,19-20H2,1H3,(H2,23,24,25);2H,1H3/b14-6+,16-12-;. The number of thiol groups is 1. The van der Waals surface area contributed by atoms with Crippen LogP contribution in [-0.2, 0) is 4.57 Å². The van der Waals surface area contributed by atoms with Crippen molar-refractivity contribution >= 4 is 20.2 Å². The summed E-state index contributed by atoms with van der Waals surface area (Å²) in [5.74, 6) is 4.52. The zero-order valence-corrected chi connectivity index (χ0v) is 18.7. The van der Waals surface area contributed by atoms with Crippen molar-refractivity contribution < 1.29 is 19.1 Å². The molecule has 0 radical (unpaired) electrons. The third-order valence-electron chi connectivity index (χ3n) is 3.66. The first-order chi connectivity index (χ1) is 13.8. The van der Waals surface area contributed by atoms with Crippen LogP contribution in [0.3, 0.4) is 0 Å². The van der Waals surface area contributed by atoms with E-state index in [9.17, 15) is 14.4 Å². The summed E-state index contributed by atoms with van der Waals surface area (Å²) in [6.07, 6.45) is 8.66. The normalized spacial score (nSPS) is 13.2. The van der Waals surface area contributed by atoms with Crippen molar-refractivity contribution in [3.8, 4) is 5.75 Å². The Morgan fingerprint density at radius 1 is 1.34 bits per heavy atom. The molecule has 1 aromatic carbocycles. The molecule has 0 fully saturated rings. The van der Waals surface area contributed by atoms with Crippen molar-refractivity contribution in [1.29, 1.82) is 0 Å². The molecule has 0 saturated carbocycles. The lowest BCUT2D eigenvalue weighted by molar-refractivity contribution is 0.346. The third kappa shape index (κ3) is 11.1. The average molecular weight is 445 g/mol. The topological polar surface area (TPSA) is 143 Å². The molecule has 0 aromatic heterocycles. The van der Waals surface area contributed by atoms with Gasteiger partial charge in [0.25, 0.3) is 0 Å². The van der Waals surface area contributed by atoms with Gasteiger partial charge in [-0.1, -0.05) is 44.2 Å². The molecule has 0 saturated heterocycles. The number of nitrogens with one attached hydrogen (secondary N) is 2. The van der Waals surface area contributed by atoms with Crippen molar-refractivity contribution in [3.05, 3.63) is 66.0 Å². The number of ether oxygens (including phenoxy) is 1. The van der Waals surface area contributed by atoms with Crippen molar-refractivity contribution in [2.75, 3.05) is 19.4 Å². The first kappa shape index (κ1) is 27.3. The third-order valence-corrected chi connectivity index (χ3v) is 4.82. The molecule has 10 heteroatoms. The molecule has 0 aliphatic carbocycles. The van der Waals surface area contributed by atoms with E-state index in [0.717, 1.165) is 18.4 Å². The van der Waals surface area contributed by atoms with Gasteiger partial charge in [0.1, 0.15) is 18.1 Å². The van der Waals surface area contributed by atoms with E-state index in [1.165, 1.54) is 6.20 Å². The number of hydrogen-bond acceptors (Lipinski definition) is 7. The molecular weight excluding hydrogens is 411 g/mol. The molecule has 164 valence electrons. The fraction of sp³-hybridized carbons (Fsp3) is 0.368. The summed E-state index contributed by atoms with van der Waals surface area (Å²) in [4.78, 5) is 19.5. The predicted octanol–water partition coefficient (Wildman–Crippen LogP) is 2.55. The molecule has 0 aliphatic heterocycles.